The standard InChI is InChI=1S/C31H32N2O2/c1-6-18-31(19-7-2,32(4)5)30(35)24-15-17-28-26(21-24)25-20-23(14-16-27(25)33(28)8-3)29(34)22-12-10-9-11-13-22/h6-7,9-17,20-21H,1-2,8,18-19H2,3-5H3. The van der Waals surface area contributed by atoms with E-state index in [4.69, 9.17) is 0 Å². The molecule has 4 nitrogen and oxygen atoms in total. The molecule has 4 rings (SSSR count). The van der Waals surface area contributed by atoms with Gasteiger partial charge in [-0.05, 0) is 70.3 Å². The molecule has 0 aliphatic heterocycles. The summed E-state index contributed by atoms with van der Waals surface area (Å²) in [5.41, 5.74) is 3.29. The molecule has 4 aromatic rings. The number of aryl methyl sites for hydroxylation is 1. The first-order chi connectivity index (χ1) is 16.9. The smallest absolute Gasteiger partial charge is 0.193 e. The maximum atomic E-state index is 13.9. The van der Waals surface area contributed by atoms with Crippen molar-refractivity contribution in [2.24, 2.45) is 0 Å². The van der Waals surface area contributed by atoms with Crippen molar-refractivity contribution in [1.29, 1.82) is 0 Å². The number of Topliss-reactive ketones (excluding diaryl/α,β-unsaturated/α-hetero) is 1. The molecule has 0 spiro atoms. The molecule has 0 amide bonds. The summed E-state index contributed by atoms with van der Waals surface area (Å²) < 4.78 is 2.22. The van der Waals surface area contributed by atoms with Gasteiger partial charge in [-0.2, -0.15) is 0 Å². The molecule has 0 atom stereocenters. The van der Waals surface area contributed by atoms with Crippen LogP contribution in [0, 0.1) is 0 Å². The molecule has 0 N–H and O–H groups in total. The van der Waals surface area contributed by atoms with Crippen LogP contribution in [0.2, 0.25) is 0 Å². The highest BCUT2D eigenvalue weighted by atomic mass is 16.1. The average Bonchev–Trinajstić information content (AvgIpc) is 3.20. The SMILES string of the molecule is C=CCC(CC=C)(C(=O)c1ccc2c(c1)c1cc(C(=O)c3ccccc3)ccc1n2CC)N(C)C. The molecular formula is C31H32N2O2. The molecule has 0 aliphatic carbocycles. The van der Waals surface area contributed by atoms with E-state index in [1.54, 1.807) is 12.2 Å². The molecule has 0 radical (unpaired) electrons. The molecular weight excluding hydrogens is 432 g/mol. The van der Waals surface area contributed by atoms with E-state index in [0.717, 1.165) is 28.4 Å². The van der Waals surface area contributed by atoms with Gasteiger partial charge < -0.3 is 4.57 Å². The summed E-state index contributed by atoms with van der Waals surface area (Å²) in [4.78, 5) is 29.0. The van der Waals surface area contributed by atoms with Gasteiger partial charge in [-0.1, -0.05) is 42.5 Å². The van der Waals surface area contributed by atoms with Crippen LogP contribution in [0.15, 0.2) is 92.0 Å². The molecule has 1 aromatic heterocycles. The van der Waals surface area contributed by atoms with Crippen molar-refractivity contribution in [2.45, 2.75) is 31.8 Å². The Hall–Kier alpha value is -3.76. The van der Waals surface area contributed by atoms with Crippen LogP contribution in [-0.4, -0.2) is 40.7 Å². The quantitative estimate of drug-likeness (QED) is 0.194. The topological polar surface area (TPSA) is 42.3 Å². The molecule has 35 heavy (non-hydrogen) atoms. The zero-order chi connectivity index (χ0) is 25.2. The molecule has 0 unspecified atom stereocenters. The maximum absolute atomic E-state index is 13.9. The van der Waals surface area contributed by atoms with Crippen LogP contribution in [0.1, 0.15) is 46.0 Å². The van der Waals surface area contributed by atoms with E-state index < -0.39 is 5.54 Å². The third-order valence-electron chi connectivity index (χ3n) is 6.98. The van der Waals surface area contributed by atoms with E-state index in [1.165, 1.54) is 0 Å². The molecule has 4 heteroatoms. The van der Waals surface area contributed by atoms with Gasteiger partial charge in [0.1, 0.15) is 0 Å². The van der Waals surface area contributed by atoms with E-state index >= 15 is 0 Å². The van der Waals surface area contributed by atoms with E-state index in [-0.39, 0.29) is 11.6 Å². The van der Waals surface area contributed by atoms with Gasteiger partial charge in [-0.15, -0.1) is 13.2 Å². The van der Waals surface area contributed by atoms with E-state index in [1.807, 2.05) is 85.7 Å². The van der Waals surface area contributed by atoms with Gasteiger partial charge in [0.25, 0.3) is 0 Å². The zero-order valence-corrected chi connectivity index (χ0v) is 20.8. The molecule has 0 fully saturated rings. The van der Waals surface area contributed by atoms with Gasteiger partial charge in [-0.3, -0.25) is 14.5 Å². The number of rotatable bonds is 10. The van der Waals surface area contributed by atoms with Crippen molar-refractivity contribution in [3.63, 3.8) is 0 Å². The molecule has 0 saturated heterocycles. The third kappa shape index (κ3) is 4.15. The molecule has 0 aliphatic rings. The zero-order valence-electron chi connectivity index (χ0n) is 20.8. The summed E-state index contributed by atoms with van der Waals surface area (Å²) in [5, 5.41) is 1.95. The predicted molar refractivity (Wildman–Crippen MR) is 145 cm³/mol. The van der Waals surface area contributed by atoms with Gasteiger partial charge >= 0.3 is 0 Å². The van der Waals surface area contributed by atoms with Gasteiger partial charge in [0.05, 0.1) is 5.54 Å². The lowest BCUT2D eigenvalue weighted by Crippen LogP contribution is -2.50. The van der Waals surface area contributed by atoms with Crippen LogP contribution in [0.3, 0.4) is 0 Å². The van der Waals surface area contributed by atoms with Gasteiger partial charge in [-0.25, -0.2) is 0 Å². The summed E-state index contributed by atoms with van der Waals surface area (Å²) >= 11 is 0. The monoisotopic (exact) mass is 464 g/mol. The molecule has 0 saturated carbocycles. The Balaban J connectivity index is 1.90. The number of hydrogen-bond donors (Lipinski definition) is 0. The first-order valence-corrected chi connectivity index (χ1v) is 12.0. The fraction of sp³-hybridized carbons (Fsp3) is 0.226. The minimum Gasteiger partial charge on any atom is -0.341 e. The molecule has 178 valence electrons. The summed E-state index contributed by atoms with van der Waals surface area (Å²) in [5.74, 6) is 0.0267. The number of hydrogen-bond acceptors (Lipinski definition) is 3. The number of nitrogens with zero attached hydrogens (tertiary/aromatic N) is 2. The van der Waals surface area contributed by atoms with E-state index in [2.05, 4.69) is 24.6 Å². The average molecular weight is 465 g/mol. The lowest BCUT2D eigenvalue weighted by Gasteiger charge is -2.37. The minimum absolute atomic E-state index is 0.0132. The Labute approximate surface area is 207 Å². The Bertz CT molecular complexity index is 1420. The first kappa shape index (κ1) is 24.4. The van der Waals surface area contributed by atoms with Gasteiger partial charge in [0.15, 0.2) is 11.6 Å². The summed E-state index contributed by atoms with van der Waals surface area (Å²) in [6, 6.07) is 21.1. The minimum atomic E-state index is -0.741. The van der Waals surface area contributed by atoms with Crippen LogP contribution < -0.4 is 0 Å². The third-order valence-corrected chi connectivity index (χ3v) is 6.98. The molecule has 3 aromatic carbocycles. The van der Waals surface area contributed by atoms with Crippen molar-refractivity contribution in [3.8, 4) is 0 Å². The van der Waals surface area contributed by atoms with Crippen LogP contribution in [0.4, 0.5) is 0 Å². The normalized spacial score (nSPS) is 11.8. The van der Waals surface area contributed by atoms with Crippen LogP contribution in [0.5, 0.6) is 0 Å². The Morgan fingerprint density at radius 3 is 1.89 bits per heavy atom. The van der Waals surface area contributed by atoms with E-state index in [9.17, 15) is 9.59 Å². The Kier molecular flexibility index (Phi) is 6.86. The number of carbonyl (C=O) groups excluding carboxylic acids is 2. The summed E-state index contributed by atoms with van der Waals surface area (Å²) in [6.07, 6.45) is 4.64. The van der Waals surface area contributed by atoms with Crippen LogP contribution in [-0.2, 0) is 6.54 Å². The second kappa shape index (κ2) is 9.85. The van der Waals surface area contributed by atoms with Crippen molar-refractivity contribution in [2.75, 3.05) is 14.1 Å². The van der Waals surface area contributed by atoms with Crippen LogP contribution >= 0.6 is 0 Å². The fourth-order valence-electron chi connectivity index (χ4n) is 5.07. The highest BCUT2D eigenvalue weighted by Crippen LogP contribution is 2.34. The summed E-state index contributed by atoms with van der Waals surface area (Å²) in [7, 11) is 3.85. The number of fused-ring (bicyclic) bond motifs is 3. The van der Waals surface area contributed by atoms with Gasteiger partial charge in [0, 0.05) is 45.0 Å². The number of likely N-dealkylation sites (N-methyl/N-ethyl adjacent to an activating group) is 1. The lowest BCUT2D eigenvalue weighted by molar-refractivity contribution is 0.0690. The predicted octanol–water partition coefficient (Wildman–Crippen LogP) is 6.68. The van der Waals surface area contributed by atoms with Crippen molar-refractivity contribution < 1.29 is 9.59 Å². The highest BCUT2D eigenvalue weighted by molar-refractivity contribution is 6.16. The van der Waals surface area contributed by atoms with Gasteiger partial charge in [0.2, 0.25) is 0 Å². The first-order valence-electron chi connectivity index (χ1n) is 12.0. The Morgan fingerprint density at radius 1 is 0.829 bits per heavy atom. The number of ketones is 2. The maximum Gasteiger partial charge on any atom is 0.193 e. The highest BCUT2D eigenvalue weighted by Gasteiger charge is 2.39. The second-order valence-electron chi connectivity index (χ2n) is 9.14. The number of aromatic nitrogens is 1. The Morgan fingerprint density at radius 2 is 1.37 bits per heavy atom. The van der Waals surface area contributed by atoms with Crippen molar-refractivity contribution >= 4 is 33.4 Å². The van der Waals surface area contributed by atoms with E-state index in [0.29, 0.717) is 29.5 Å². The number of benzene rings is 3. The summed E-state index contributed by atoms with van der Waals surface area (Å²) in [6.45, 7) is 10.7. The largest absolute Gasteiger partial charge is 0.341 e. The lowest BCUT2D eigenvalue weighted by atomic mass is 9.81. The second-order valence-corrected chi connectivity index (χ2v) is 9.14. The number of carbonyl (C=O) groups is 2. The molecule has 0 bridgehead atoms. The fourth-order valence-corrected chi connectivity index (χ4v) is 5.07. The van der Waals surface area contributed by atoms with Crippen LogP contribution in [0.25, 0.3) is 21.8 Å². The van der Waals surface area contributed by atoms with Crippen molar-refractivity contribution in [1.82, 2.24) is 9.47 Å². The van der Waals surface area contributed by atoms with Crippen molar-refractivity contribution in [3.05, 3.63) is 109 Å². The molecule has 1 heterocycles.